The summed E-state index contributed by atoms with van der Waals surface area (Å²) in [6, 6.07) is 0.311. The van der Waals surface area contributed by atoms with Crippen LogP contribution in [-0.4, -0.2) is 41.1 Å². The Morgan fingerprint density at radius 2 is 2.44 bits per heavy atom. The second-order valence-corrected chi connectivity index (χ2v) is 4.33. The third kappa shape index (κ3) is 3.17. The molecule has 1 aliphatic heterocycles. The molecule has 0 spiro atoms. The predicted octanol–water partition coefficient (Wildman–Crippen LogP) is -0.00820. The molecule has 0 aromatic rings. The predicted molar refractivity (Wildman–Crippen MR) is 62.5 cm³/mol. The first-order valence-corrected chi connectivity index (χ1v) is 6.11. The van der Waals surface area contributed by atoms with E-state index in [1.165, 1.54) is 0 Å². The third-order valence-electron chi connectivity index (χ3n) is 3.35. The highest BCUT2D eigenvalue weighted by Crippen LogP contribution is 2.24. The molecule has 0 aromatic heterocycles. The molecule has 0 aromatic carbocycles. The number of carbonyl (C=O) groups excluding carboxylic acids is 1. The van der Waals surface area contributed by atoms with E-state index in [4.69, 9.17) is 10.9 Å². The minimum Gasteiger partial charge on any atom is -0.396 e. The Balaban J connectivity index is 2.57. The van der Waals surface area contributed by atoms with Crippen molar-refractivity contribution in [1.29, 1.82) is 0 Å². The zero-order valence-electron chi connectivity index (χ0n) is 9.98. The SMILES string of the molecule is CCC(C(=O)NN)N1CCCC1CCCO. The Bertz CT molecular complexity index is 223. The van der Waals surface area contributed by atoms with Crippen molar-refractivity contribution in [3.8, 4) is 0 Å². The summed E-state index contributed by atoms with van der Waals surface area (Å²) in [6.45, 7) is 3.19. The summed E-state index contributed by atoms with van der Waals surface area (Å²) in [5, 5.41) is 8.85. The van der Waals surface area contributed by atoms with E-state index in [2.05, 4.69) is 10.3 Å². The van der Waals surface area contributed by atoms with Gasteiger partial charge < -0.3 is 5.11 Å². The number of hydrazine groups is 1. The molecule has 94 valence electrons. The van der Waals surface area contributed by atoms with Crippen LogP contribution in [0.3, 0.4) is 0 Å². The molecule has 0 aliphatic carbocycles. The number of hydrogen-bond acceptors (Lipinski definition) is 4. The summed E-state index contributed by atoms with van der Waals surface area (Å²) in [5.41, 5.74) is 2.24. The van der Waals surface area contributed by atoms with Gasteiger partial charge in [0.2, 0.25) is 0 Å². The topological polar surface area (TPSA) is 78.6 Å². The molecule has 16 heavy (non-hydrogen) atoms. The Kier molecular flexibility index (Phi) is 5.73. The van der Waals surface area contributed by atoms with Crippen molar-refractivity contribution in [3.05, 3.63) is 0 Å². The normalized spacial score (nSPS) is 23.3. The maximum atomic E-state index is 11.6. The van der Waals surface area contributed by atoms with Gasteiger partial charge in [0.15, 0.2) is 0 Å². The van der Waals surface area contributed by atoms with Gasteiger partial charge in [0.25, 0.3) is 5.91 Å². The van der Waals surface area contributed by atoms with Gasteiger partial charge in [0, 0.05) is 12.6 Å². The molecule has 1 rings (SSSR count). The molecule has 1 saturated heterocycles. The van der Waals surface area contributed by atoms with Crippen LogP contribution in [0.5, 0.6) is 0 Å². The van der Waals surface area contributed by atoms with E-state index in [1.54, 1.807) is 0 Å². The van der Waals surface area contributed by atoms with Crippen molar-refractivity contribution in [2.75, 3.05) is 13.2 Å². The molecule has 2 unspecified atom stereocenters. The number of nitrogens with zero attached hydrogens (tertiary/aromatic N) is 1. The zero-order valence-corrected chi connectivity index (χ0v) is 9.98. The van der Waals surface area contributed by atoms with Crippen LogP contribution in [0.2, 0.25) is 0 Å². The van der Waals surface area contributed by atoms with Gasteiger partial charge in [-0.2, -0.15) is 0 Å². The van der Waals surface area contributed by atoms with E-state index in [0.29, 0.717) is 6.04 Å². The average molecular weight is 229 g/mol. The fourth-order valence-corrected chi connectivity index (χ4v) is 2.57. The van der Waals surface area contributed by atoms with Crippen molar-refractivity contribution in [2.24, 2.45) is 5.84 Å². The summed E-state index contributed by atoms with van der Waals surface area (Å²) >= 11 is 0. The first kappa shape index (κ1) is 13.4. The van der Waals surface area contributed by atoms with Crippen molar-refractivity contribution in [3.63, 3.8) is 0 Å². The maximum Gasteiger partial charge on any atom is 0.251 e. The molecule has 1 heterocycles. The van der Waals surface area contributed by atoms with Crippen LogP contribution in [0.1, 0.15) is 39.0 Å². The fraction of sp³-hybridized carbons (Fsp3) is 0.909. The monoisotopic (exact) mass is 229 g/mol. The van der Waals surface area contributed by atoms with Crippen molar-refractivity contribution >= 4 is 5.91 Å². The standard InChI is InChI=1S/C11H23N3O2/c1-2-10(11(16)13-12)14-7-3-5-9(14)6-4-8-15/h9-10,15H,2-8,12H2,1H3,(H,13,16). The lowest BCUT2D eigenvalue weighted by atomic mass is 10.1. The first-order valence-electron chi connectivity index (χ1n) is 6.11. The first-order chi connectivity index (χ1) is 7.74. The lowest BCUT2D eigenvalue weighted by Crippen LogP contribution is -2.50. The van der Waals surface area contributed by atoms with Gasteiger partial charge in [-0.3, -0.25) is 15.1 Å². The molecule has 0 bridgehead atoms. The molecule has 1 fully saturated rings. The number of likely N-dealkylation sites (tertiary alicyclic amines) is 1. The van der Waals surface area contributed by atoms with E-state index in [9.17, 15) is 4.79 Å². The summed E-state index contributed by atoms with van der Waals surface area (Å²) in [5.74, 6) is 5.10. The van der Waals surface area contributed by atoms with Crippen LogP contribution in [0.4, 0.5) is 0 Å². The second-order valence-electron chi connectivity index (χ2n) is 4.33. The Morgan fingerprint density at radius 1 is 1.69 bits per heavy atom. The number of aliphatic hydroxyl groups is 1. The smallest absolute Gasteiger partial charge is 0.251 e. The Hall–Kier alpha value is -0.650. The lowest BCUT2D eigenvalue weighted by Gasteiger charge is -2.31. The number of amides is 1. The fourth-order valence-electron chi connectivity index (χ4n) is 2.57. The summed E-state index contributed by atoms with van der Waals surface area (Å²) in [6.07, 6.45) is 4.80. The third-order valence-corrected chi connectivity index (χ3v) is 3.35. The largest absolute Gasteiger partial charge is 0.396 e. The zero-order chi connectivity index (χ0) is 12.0. The Morgan fingerprint density at radius 3 is 3.00 bits per heavy atom. The van der Waals surface area contributed by atoms with Gasteiger partial charge in [0.1, 0.15) is 0 Å². The van der Waals surface area contributed by atoms with Crippen LogP contribution in [0, 0.1) is 0 Å². The number of rotatable bonds is 6. The van der Waals surface area contributed by atoms with Crippen LogP contribution in [-0.2, 0) is 4.79 Å². The lowest BCUT2D eigenvalue weighted by molar-refractivity contribution is -0.127. The summed E-state index contributed by atoms with van der Waals surface area (Å²) in [7, 11) is 0. The van der Waals surface area contributed by atoms with Crippen LogP contribution >= 0.6 is 0 Å². The average Bonchev–Trinajstić information content (AvgIpc) is 2.75. The molecular formula is C11H23N3O2. The van der Waals surface area contributed by atoms with E-state index in [-0.39, 0.29) is 18.6 Å². The van der Waals surface area contributed by atoms with Crippen molar-refractivity contribution in [2.45, 2.75) is 51.1 Å². The van der Waals surface area contributed by atoms with Crippen LogP contribution in [0.15, 0.2) is 0 Å². The van der Waals surface area contributed by atoms with Gasteiger partial charge >= 0.3 is 0 Å². The summed E-state index contributed by atoms with van der Waals surface area (Å²) < 4.78 is 0. The quantitative estimate of drug-likeness (QED) is 0.340. The van der Waals surface area contributed by atoms with E-state index >= 15 is 0 Å². The molecule has 5 nitrogen and oxygen atoms in total. The molecular weight excluding hydrogens is 206 g/mol. The van der Waals surface area contributed by atoms with Crippen molar-refractivity contribution in [1.82, 2.24) is 10.3 Å². The second kappa shape index (κ2) is 6.83. The number of nitrogens with two attached hydrogens (primary N) is 1. The number of hydrogen-bond donors (Lipinski definition) is 3. The van der Waals surface area contributed by atoms with E-state index in [0.717, 1.165) is 38.6 Å². The molecule has 4 N–H and O–H groups in total. The number of nitrogens with one attached hydrogen (secondary N) is 1. The van der Waals surface area contributed by atoms with Crippen LogP contribution < -0.4 is 11.3 Å². The minimum absolute atomic E-state index is 0.0987. The minimum atomic E-state index is -0.115. The molecule has 0 saturated carbocycles. The van der Waals surface area contributed by atoms with Gasteiger partial charge in [-0.05, 0) is 38.6 Å². The molecule has 1 aliphatic rings. The van der Waals surface area contributed by atoms with Gasteiger partial charge in [-0.25, -0.2) is 5.84 Å². The van der Waals surface area contributed by atoms with Crippen molar-refractivity contribution < 1.29 is 9.90 Å². The Labute approximate surface area is 97.0 Å². The van der Waals surface area contributed by atoms with Gasteiger partial charge in [0.05, 0.1) is 6.04 Å². The highest BCUT2D eigenvalue weighted by atomic mass is 16.3. The summed E-state index contributed by atoms with van der Waals surface area (Å²) in [4.78, 5) is 13.9. The van der Waals surface area contributed by atoms with Crippen LogP contribution in [0.25, 0.3) is 0 Å². The molecule has 5 heteroatoms. The highest BCUT2D eigenvalue weighted by molar-refractivity contribution is 5.81. The van der Waals surface area contributed by atoms with E-state index in [1.807, 2.05) is 6.92 Å². The van der Waals surface area contributed by atoms with Gasteiger partial charge in [-0.15, -0.1) is 0 Å². The maximum absolute atomic E-state index is 11.6. The highest BCUT2D eigenvalue weighted by Gasteiger charge is 2.32. The number of aliphatic hydroxyl groups excluding tert-OH is 1. The molecule has 0 radical (unpaired) electrons. The molecule has 1 amide bonds. The van der Waals surface area contributed by atoms with Gasteiger partial charge in [-0.1, -0.05) is 6.92 Å². The van der Waals surface area contributed by atoms with E-state index < -0.39 is 0 Å². The number of carbonyl (C=O) groups is 1. The molecule has 2 atom stereocenters.